The molecule has 1 aromatic rings. The van der Waals surface area contributed by atoms with Crippen molar-refractivity contribution in [3.8, 4) is 0 Å². The maximum absolute atomic E-state index is 11.3. The fourth-order valence-electron chi connectivity index (χ4n) is 4.23. The molecule has 2 aliphatic rings. The van der Waals surface area contributed by atoms with E-state index < -0.39 is 5.60 Å². The van der Waals surface area contributed by atoms with Gasteiger partial charge in [0.15, 0.2) is 0 Å². The lowest BCUT2D eigenvalue weighted by atomic mass is 9.63. The summed E-state index contributed by atoms with van der Waals surface area (Å²) in [6, 6.07) is 0. The molecule has 0 aliphatic heterocycles. The Labute approximate surface area is 115 Å². The molecule has 2 unspecified atom stereocenters. The first-order valence-electron chi connectivity index (χ1n) is 7.78. The van der Waals surface area contributed by atoms with Gasteiger partial charge in [0.1, 0.15) is 6.33 Å². The zero-order valence-electron chi connectivity index (χ0n) is 11.6. The first-order chi connectivity index (χ1) is 9.31. The molecule has 0 spiro atoms. The molecule has 0 amide bonds. The van der Waals surface area contributed by atoms with E-state index >= 15 is 0 Å². The van der Waals surface area contributed by atoms with Gasteiger partial charge in [-0.25, -0.2) is 9.97 Å². The highest BCUT2D eigenvalue weighted by molar-refractivity contribution is 5.17. The summed E-state index contributed by atoms with van der Waals surface area (Å²) in [5.41, 5.74) is 0.256. The van der Waals surface area contributed by atoms with Crippen LogP contribution in [0, 0.1) is 11.8 Å². The van der Waals surface area contributed by atoms with Gasteiger partial charge in [0, 0.05) is 18.0 Å². The Kier molecular flexibility index (Phi) is 3.83. The molecule has 2 aliphatic carbocycles. The molecule has 104 valence electrons. The van der Waals surface area contributed by atoms with Crippen LogP contribution in [0.15, 0.2) is 18.7 Å². The second-order valence-electron chi connectivity index (χ2n) is 6.30. The van der Waals surface area contributed by atoms with Gasteiger partial charge in [0.25, 0.3) is 0 Å². The molecule has 1 N–H and O–H groups in total. The van der Waals surface area contributed by atoms with Gasteiger partial charge in [0.05, 0.1) is 5.60 Å². The average molecular weight is 260 g/mol. The Morgan fingerprint density at radius 2 is 1.63 bits per heavy atom. The number of hydrogen-bond donors (Lipinski definition) is 1. The number of aromatic nitrogens is 2. The van der Waals surface area contributed by atoms with E-state index in [0.717, 1.165) is 24.8 Å². The van der Waals surface area contributed by atoms with Gasteiger partial charge >= 0.3 is 0 Å². The molecule has 0 radical (unpaired) electrons. The van der Waals surface area contributed by atoms with Crippen LogP contribution in [0.2, 0.25) is 0 Å². The first-order valence-corrected chi connectivity index (χ1v) is 7.78. The van der Waals surface area contributed by atoms with Crippen LogP contribution in [0.25, 0.3) is 0 Å². The molecule has 19 heavy (non-hydrogen) atoms. The predicted molar refractivity (Wildman–Crippen MR) is 74.5 cm³/mol. The fourth-order valence-corrected chi connectivity index (χ4v) is 4.23. The van der Waals surface area contributed by atoms with Crippen LogP contribution in [0.5, 0.6) is 0 Å². The Morgan fingerprint density at radius 3 is 2.37 bits per heavy atom. The van der Waals surface area contributed by atoms with E-state index in [2.05, 4.69) is 9.97 Å². The largest absolute Gasteiger partial charge is 0.385 e. The standard InChI is InChI=1S/C16H24N2O/c19-16(14-10-17-12-18-11-14)9-5-4-8-15(16)13-6-2-1-3-7-13/h10-13,15,19H,1-9H2. The predicted octanol–water partition coefficient (Wildman–Crippen LogP) is 3.43. The minimum absolute atomic E-state index is 0.410. The summed E-state index contributed by atoms with van der Waals surface area (Å²) in [6.45, 7) is 0. The van der Waals surface area contributed by atoms with E-state index in [1.165, 1.54) is 38.5 Å². The van der Waals surface area contributed by atoms with Crippen LogP contribution < -0.4 is 0 Å². The van der Waals surface area contributed by atoms with Crippen LogP contribution in [-0.2, 0) is 5.60 Å². The van der Waals surface area contributed by atoms with Crippen molar-refractivity contribution in [2.45, 2.75) is 63.4 Å². The maximum atomic E-state index is 11.3. The Morgan fingerprint density at radius 1 is 0.947 bits per heavy atom. The maximum Gasteiger partial charge on any atom is 0.115 e. The monoisotopic (exact) mass is 260 g/mol. The van der Waals surface area contributed by atoms with E-state index in [4.69, 9.17) is 0 Å². The Hall–Kier alpha value is -0.960. The molecule has 1 heterocycles. The van der Waals surface area contributed by atoms with E-state index in [1.807, 2.05) is 12.4 Å². The van der Waals surface area contributed by atoms with Gasteiger partial charge in [-0.05, 0) is 24.7 Å². The van der Waals surface area contributed by atoms with Crippen LogP contribution >= 0.6 is 0 Å². The van der Waals surface area contributed by atoms with Gasteiger partial charge in [-0.1, -0.05) is 44.9 Å². The molecule has 0 saturated heterocycles. The first kappa shape index (κ1) is 13.0. The molecule has 0 bridgehead atoms. The van der Waals surface area contributed by atoms with E-state index in [0.29, 0.717) is 11.8 Å². The molecular formula is C16H24N2O. The third-order valence-electron chi connectivity index (χ3n) is 5.22. The topological polar surface area (TPSA) is 46.0 Å². The van der Waals surface area contributed by atoms with Crippen molar-refractivity contribution in [2.24, 2.45) is 11.8 Å². The summed E-state index contributed by atoms with van der Waals surface area (Å²) < 4.78 is 0. The quantitative estimate of drug-likeness (QED) is 0.886. The molecule has 1 aromatic heterocycles. The number of rotatable bonds is 2. The highest BCUT2D eigenvalue weighted by Crippen LogP contribution is 2.48. The third kappa shape index (κ3) is 2.53. The summed E-state index contributed by atoms with van der Waals surface area (Å²) in [4.78, 5) is 8.23. The number of nitrogens with zero attached hydrogens (tertiary/aromatic N) is 2. The molecular weight excluding hydrogens is 236 g/mol. The van der Waals surface area contributed by atoms with Crippen LogP contribution in [-0.4, -0.2) is 15.1 Å². The second kappa shape index (κ2) is 5.58. The number of hydrogen-bond acceptors (Lipinski definition) is 3. The summed E-state index contributed by atoms with van der Waals surface area (Å²) in [6.07, 6.45) is 16.2. The summed E-state index contributed by atoms with van der Waals surface area (Å²) in [7, 11) is 0. The Bertz CT molecular complexity index is 402. The van der Waals surface area contributed by atoms with Crippen molar-refractivity contribution in [1.82, 2.24) is 9.97 Å². The van der Waals surface area contributed by atoms with Crippen molar-refractivity contribution in [3.05, 3.63) is 24.3 Å². The van der Waals surface area contributed by atoms with Crippen molar-refractivity contribution < 1.29 is 5.11 Å². The smallest absolute Gasteiger partial charge is 0.115 e. The lowest BCUT2D eigenvalue weighted by Crippen LogP contribution is -2.42. The summed E-state index contributed by atoms with van der Waals surface area (Å²) in [5.74, 6) is 1.10. The summed E-state index contributed by atoms with van der Waals surface area (Å²) in [5, 5.41) is 11.3. The lowest BCUT2D eigenvalue weighted by Gasteiger charge is -2.45. The second-order valence-corrected chi connectivity index (χ2v) is 6.30. The zero-order chi connectivity index (χ0) is 13.1. The zero-order valence-corrected chi connectivity index (χ0v) is 11.6. The van der Waals surface area contributed by atoms with Crippen molar-refractivity contribution >= 4 is 0 Å². The molecule has 2 saturated carbocycles. The molecule has 3 heteroatoms. The molecule has 2 atom stereocenters. The van der Waals surface area contributed by atoms with Crippen LogP contribution in [0.3, 0.4) is 0 Å². The normalized spacial score (nSPS) is 33.2. The van der Waals surface area contributed by atoms with Crippen molar-refractivity contribution in [3.63, 3.8) is 0 Å². The van der Waals surface area contributed by atoms with Gasteiger partial charge in [0.2, 0.25) is 0 Å². The van der Waals surface area contributed by atoms with E-state index in [-0.39, 0.29) is 0 Å². The lowest BCUT2D eigenvalue weighted by molar-refractivity contribution is -0.0839. The van der Waals surface area contributed by atoms with Crippen molar-refractivity contribution in [1.29, 1.82) is 0 Å². The van der Waals surface area contributed by atoms with Gasteiger partial charge in [-0.15, -0.1) is 0 Å². The Balaban J connectivity index is 1.87. The SMILES string of the molecule is OC1(c2cncnc2)CCCCC1C1CCCCC1. The van der Waals surface area contributed by atoms with Gasteiger partial charge in [-0.3, -0.25) is 0 Å². The number of aliphatic hydroxyl groups is 1. The van der Waals surface area contributed by atoms with Crippen LogP contribution in [0.1, 0.15) is 63.4 Å². The van der Waals surface area contributed by atoms with Crippen molar-refractivity contribution in [2.75, 3.05) is 0 Å². The van der Waals surface area contributed by atoms with Gasteiger partial charge < -0.3 is 5.11 Å². The van der Waals surface area contributed by atoms with Crippen LogP contribution in [0.4, 0.5) is 0 Å². The molecule has 2 fully saturated rings. The third-order valence-corrected chi connectivity index (χ3v) is 5.22. The minimum atomic E-state index is -0.679. The average Bonchev–Trinajstić information content (AvgIpc) is 2.49. The highest BCUT2D eigenvalue weighted by atomic mass is 16.3. The minimum Gasteiger partial charge on any atom is -0.385 e. The molecule has 3 nitrogen and oxygen atoms in total. The van der Waals surface area contributed by atoms with Gasteiger partial charge in [-0.2, -0.15) is 0 Å². The highest BCUT2D eigenvalue weighted by Gasteiger charge is 2.44. The molecule has 3 rings (SSSR count). The summed E-state index contributed by atoms with van der Waals surface area (Å²) >= 11 is 0. The van der Waals surface area contributed by atoms with E-state index in [9.17, 15) is 5.11 Å². The fraction of sp³-hybridized carbons (Fsp3) is 0.750. The molecule has 0 aromatic carbocycles. The van der Waals surface area contributed by atoms with E-state index in [1.54, 1.807) is 6.33 Å².